The maximum absolute atomic E-state index is 13.1. The number of methoxy groups -OCH3 is 1. The van der Waals surface area contributed by atoms with Crippen LogP contribution < -0.4 is 15.2 Å². The Kier molecular flexibility index (Phi) is 8.36. The molecule has 4 aromatic rings. The largest absolute Gasteiger partial charge is 0.495 e. The number of aromatic nitrogens is 3. The first-order valence-electron chi connectivity index (χ1n) is 11.0. The quantitative estimate of drug-likeness (QED) is 0.386. The molecule has 0 atom stereocenters. The number of para-hydroxylation sites is 2. The number of ether oxygens (including phenoxy) is 1. The average Bonchev–Trinajstić information content (AvgIpc) is 2.84. The van der Waals surface area contributed by atoms with Crippen molar-refractivity contribution in [3.05, 3.63) is 70.9 Å². The third-order valence-corrected chi connectivity index (χ3v) is 6.27. The van der Waals surface area contributed by atoms with Crippen molar-refractivity contribution in [2.75, 3.05) is 44.7 Å². The van der Waals surface area contributed by atoms with Crippen molar-refractivity contribution in [3.8, 4) is 5.75 Å². The fourth-order valence-electron chi connectivity index (χ4n) is 4.43. The van der Waals surface area contributed by atoms with E-state index in [1.165, 1.54) is 0 Å². The monoisotopic (exact) mass is 501 g/mol. The highest BCUT2D eigenvalue weighted by Gasteiger charge is 2.19. The molecule has 7 nitrogen and oxygen atoms in total. The molecular formula is C25H29Cl2N5O2. The van der Waals surface area contributed by atoms with E-state index in [0.717, 1.165) is 66.1 Å². The van der Waals surface area contributed by atoms with Crippen LogP contribution in [0, 0.1) is 6.92 Å². The van der Waals surface area contributed by atoms with Crippen LogP contribution in [0.3, 0.4) is 0 Å². The summed E-state index contributed by atoms with van der Waals surface area (Å²) in [6.07, 6.45) is 3.34. The van der Waals surface area contributed by atoms with E-state index in [4.69, 9.17) is 4.74 Å². The van der Waals surface area contributed by atoms with E-state index in [-0.39, 0.29) is 30.4 Å². The molecule has 0 spiro atoms. The molecule has 0 radical (unpaired) electrons. The number of rotatable bonds is 5. The fraction of sp³-hybridized carbons (Fsp3) is 0.320. The Morgan fingerprint density at radius 3 is 2.47 bits per heavy atom. The standard InChI is InChI=1S/C25H27N5O2.2ClH/c1-18-7-8-21-19(15-18)24-20(16-26-21)25(31)30(17-27-24)14-11-28-9-12-29(13-10-28)22-5-3-4-6-23(22)32-2;;/h3-8,15-17H,9-14H2,1-2H3;2*1H. The summed E-state index contributed by atoms with van der Waals surface area (Å²) >= 11 is 0. The third kappa shape index (κ3) is 4.97. The zero-order chi connectivity index (χ0) is 22.1. The number of hydrogen-bond donors (Lipinski definition) is 0. The molecule has 1 aliphatic heterocycles. The smallest absolute Gasteiger partial charge is 0.262 e. The second kappa shape index (κ2) is 11.0. The maximum atomic E-state index is 13.1. The van der Waals surface area contributed by atoms with E-state index in [9.17, 15) is 4.79 Å². The summed E-state index contributed by atoms with van der Waals surface area (Å²) < 4.78 is 7.21. The van der Waals surface area contributed by atoms with Crippen LogP contribution in [0.15, 0.2) is 59.8 Å². The first kappa shape index (κ1) is 25.7. The molecule has 9 heteroatoms. The minimum atomic E-state index is -0.0291. The minimum Gasteiger partial charge on any atom is -0.495 e. The molecule has 0 aliphatic carbocycles. The van der Waals surface area contributed by atoms with E-state index in [0.29, 0.717) is 11.9 Å². The van der Waals surface area contributed by atoms with Gasteiger partial charge in [-0.2, -0.15) is 0 Å². The van der Waals surface area contributed by atoms with Crippen LogP contribution in [-0.2, 0) is 6.54 Å². The fourth-order valence-corrected chi connectivity index (χ4v) is 4.43. The van der Waals surface area contributed by atoms with Gasteiger partial charge < -0.3 is 9.64 Å². The molecule has 2 aromatic heterocycles. The molecule has 0 unspecified atom stereocenters. The molecule has 0 saturated carbocycles. The summed E-state index contributed by atoms with van der Waals surface area (Å²) in [5.74, 6) is 0.908. The zero-order valence-electron chi connectivity index (χ0n) is 19.3. The van der Waals surface area contributed by atoms with Gasteiger partial charge in [-0.1, -0.05) is 23.8 Å². The molecule has 1 saturated heterocycles. The summed E-state index contributed by atoms with van der Waals surface area (Å²) in [4.78, 5) is 26.9. The van der Waals surface area contributed by atoms with Crippen LogP contribution in [0.25, 0.3) is 21.8 Å². The molecule has 1 fully saturated rings. The molecule has 0 amide bonds. The summed E-state index contributed by atoms with van der Waals surface area (Å²) in [7, 11) is 1.71. The number of aryl methyl sites for hydroxylation is 1. The second-order valence-electron chi connectivity index (χ2n) is 8.28. The van der Waals surface area contributed by atoms with E-state index < -0.39 is 0 Å². The molecule has 1 aliphatic rings. The van der Waals surface area contributed by atoms with Crippen molar-refractivity contribution in [2.45, 2.75) is 13.5 Å². The molecule has 0 bridgehead atoms. The molecule has 5 rings (SSSR count). The molecule has 34 heavy (non-hydrogen) atoms. The normalized spacial score (nSPS) is 14.0. The summed E-state index contributed by atoms with van der Waals surface area (Å²) in [6, 6.07) is 14.2. The Morgan fingerprint density at radius 1 is 0.941 bits per heavy atom. The predicted octanol–water partition coefficient (Wildman–Crippen LogP) is 3.93. The SMILES string of the molecule is COc1ccccc1N1CCN(CCn2cnc3c(cnc4ccc(C)cc43)c2=O)CC1.Cl.Cl. The Hall–Kier alpha value is -2.87. The van der Waals surface area contributed by atoms with Gasteiger partial charge in [-0.05, 0) is 31.2 Å². The Balaban J connectivity index is 0.00000162. The van der Waals surface area contributed by atoms with Crippen molar-refractivity contribution in [1.29, 1.82) is 0 Å². The van der Waals surface area contributed by atoms with Gasteiger partial charge in [0, 0.05) is 50.9 Å². The lowest BCUT2D eigenvalue weighted by Gasteiger charge is -2.36. The summed E-state index contributed by atoms with van der Waals surface area (Å²) in [5, 5.41) is 1.51. The van der Waals surface area contributed by atoms with Crippen LogP contribution in [0.1, 0.15) is 5.56 Å². The molecule has 180 valence electrons. The topological polar surface area (TPSA) is 63.5 Å². The van der Waals surface area contributed by atoms with Gasteiger partial charge in [-0.15, -0.1) is 24.8 Å². The number of fused-ring (bicyclic) bond motifs is 3. The number of pyridine rings is 1. The molecule has 3 heterocycles. The first-order chi connectivity index (χ1) is 15.6. The first-order valence-corrected chi connectivity index (χ1v) is 11.0. The Morgan fingerprint density at radius 2 is 1.71 bits per heavy atom. The lowest BCUT2D eigenvalue weighted by atomic mass is 10.1. The van der Waals surface area contributed by atoms with Gasteiger partial charge in [0.15, 0.2) is 0 Å². The van der Waals surface area contributed by atoms with Gasteiger partial charge in [-0.25, -0.2) is 4.98 Å². The molecule has 0 N–H and O–H groups in total. The van der Waals surface area contributed by atoms with E-state index in [1.807, 2.05) is 43.3 Å². The highest BCUT2D eigenvalue weighted by molar-refractivity contribution is 6.02. The minimum absolute atomic E-state index is 0. The number of piperazine rings is 1. The highest BCUT2D eigenvalue weighted by atomic mass is 35.5. The lowest BCUT2D eigenvalue weighted by molar-refractivity contribution is 0.246. The zero-order valence-corrected chi connectivity index (χ0v) is 20.9. The van der Waals surface area contributed by atoms with Gasteiger partial charge in [0.05, 0.1) is 35.5 Å². The maximum Gasteiger partial charge on any atom is 0.262 e. The van der Waals surface area contributed by atoms with Crippen molar-refractivity contribution >= 4 is 52.3 Å². The number of benzene rings is 2. The molecule has 2 aromatic carbocycles. The highest BCUT2D eigenvalue weighted by Crippen LogP contribution is 2.28. The van der Waals surface area contributed by atoms with Crippen LogP contribution in [0.5, 0.6) is 5.75 Å². The van der Waals surface area contributed by atoms with Crippen LogP contribution in [0.2, 0.25) is 0 Å². The van der Waals surface area contributed by atoms with Gasteiger partial charge in [0.2, 0.25) is 0 Å². The van der Waals surface area contributed by atoms with Crippen molar-refractivity contribution in [1.82, 2.24) is 19.4 Å². The Bertz CT molecular complexity index is 1340. The summed E-state index contributed by atoms with van der Waals surface area (Å²) in [6.45, 7) is 7.21. The molecular weight excluding hydrogens is 473 g/mol. The van der Waals surface area contributed by atoms with Gasteiger partial charge in [0.25, 0.3) is 5.56 Å². The van der Waals surface area contributed by atoms with Crippen LogP contribution >= 0.6 is 24.8 Å². The van der Waals surface area contributed by atoms with Gasteiger partial charge in [0.1, 0.15) is 5.75 Å². The average molecular weight is 502 g/mol. The number of nitrogens with zero attached hydrogens (tertiary/aromatic N) is 5. The lowest BCUT2D eigenvalue weighted by Crippen LogP contribution is -2.47. The number of halogens is 2. The number of anilines is 1. The number of hydrogen-bond acceptors (Lipinski definition) is 6. The van der Waals surface area contributed by atoms with Gasteiger partial charge >= 0.3 is 0 Å². The van der Waals surface area contributed by atoms with Crippen LogP contribution in [-0.4, -0.2) is 59.3 Å². The van der Waals surface area contributed by atoms with E-state index in [2.05, 4.69) is 25.8 Å². The van der Waals surface area contributed by atoms with Crippen molar-refractivity contribution in [2.24, 2.45) is 0 Å². The summed E-state index contributed by atoms with van der Waals surface area (Å²) in [5.41, 5.74) is 3.83. The van der Waals surface area contributed by atoms with E-state index >= 15 is 0 Å². The van der Waals surface area contributed by atoms with Crippen molar-refractivity contribution < 1.29 is 4.74 Å². The third-order valence-electron chi connectivity index (χ3n) is 6.27. The second-order valence-corrected chi connectivity index (χ2v) is 8.28. The van der Waals surface area contributed by atoms with Crippen LogP contribution in [0.4, 0.5) is 5.69 Å². The van der Waals surface area contributed by atoms with Gasteiger partial charge in [-0.3, -0.25) is 19.2 Å². The Labute approximate surface area is 211 Å². The predicted molar refractivity (Wildman–Crippen MR) is 142 cm³/mol. The van der Waals surface area contributed by atoms with E-state index in [1.54, 1.807) is 24.2 Å². The van der Waals surface area contributed by atoms with Crippen molar-refractivity contribution in [3.63, 3.8) is 0 Å².